The Morgan fingerprint density at radius 1 is 1.00 bits per heavy atom. The van der Waals surface area contributed by atoms with Crippen LogP contribution in [0.3, 0.4) is 0 Å². The zero-order valence-corrected chi connectivity index (χ0v) is 22.7. The molecule has 0 saturated heterocycles. The van der Waals surface area contributed by atoms with Gasteiger partial charge in [-0.2, -0.15) is 4.31 Å². The van der Waals surface area contributed by atoms with Crippen LogP contribution < -0.4 is 0 Å². The van der Waals surface area contributed by atoms with Gasteiger partial charge < -0.3 is 9.64 Å². The maximum absolute atomic E-state index is 13.9. The first-order valence-electron chi connectivity index (χ1n) is 12.1. The zero-order valence-electron chi connectivity index (χ0n) is 21.0. The molecule has 0 bridgehead atoms. The Balaban J connectivity index is 1.65. The number of methoxy groups -OCH3 is 1. The molecule has 37 heavy (non-hydrogen) atoms. The number of sulfonamides is 1. The number of hydrogen-bond acceptors (Lipinski definition) is 6. The molecule has 0 radical (unpaired) electrons. The highest BCUT2D eigenvalue weighted by atomic mass is 32.2. The lowest BCUT2D eigenvalue weighted by atomic mass is 10.2. The number of hydrogen-bond donors (Lipinski definition) is 0. The highest BCUT2D eigenvalue weighted by molar-refractivity contribution is 7.89. The molecule has 0 fully saturated rings. The van der Waals surface area contributed by atoms with E-state index in [1.807, 2.05) is 60.8 Å². The molecular weight excluding hydrogens is 506 g/mol. The van der Waals surface area contributed by atoms with Gasteiger partial charge in [-0.3, -0.25) is 9.78 Å². The fraction of sp³-hybridized carbons (Fsp3) is 0.286. The van der Waals surface area contributed by atoms with Crippen molar-refractivity contribution in [3.8, 4) is 0 Å². The van der Waals surface area contributed by atoms with Crippen molar-refractivity contribution in [2.24, 2.45) is 0 Å². The van der Waals surface area contributed by atoms with Crippen LogP contribution in [0.2, 0.25) is 0 Å². The SMILES string of the molecule is COCCCN(CC(=O)N(Cc1ccccc1)Cc1sccc1C)S(=O)(=O)c1cccc2cccnc12. The number of thiophene rings is 1. The van der Waals surface area contributed by atoms with Gasteiger partial charge in [-0.15, -0.1) is 11.3 Å². The van der Waals surface area contributed by atoms with E-state index in [-0.39, 0.29) is 23.9 Å². The van der Waals surface area contributed by atoms with Crippen LogP contribution in [0, 0.1) is 6.92 Å². The number of pyridine rings is 1. The summed E-state index contributed by atoms with van der Waals surface area (Å²) in [6, 6.07) is 20.4. The summed E-state index contributed by atoms with van der Waals surface area (Å²) in [6.07, 6.45) is 2.04. The van der Waals surface area contributed by atoms with Gasteiger partial charge in [0.2, 0.25) is 15.9 Å². The van der Waals surface area contributed by atoms with Crippen LogP contribution in [-0.4, -0.2) is 55.3 Å². The topological polar surface area (TPSA) is 79.8 Å². The standard InChI is InChI=1S/C28H31N3O4S2/c1-22-14-18-36-25(22)20-30(19-23-9-4-3-5-10-23)27(32)21-31(16-8-17-35-2)37(33,34)26-13-6-11-24-12-7-15-29-28(24)26/h3-7,9-15,18H,8,16-17,19-21H2,1-2H3. The summed E-state index contributed by atoms with van der Waals surface area (Å²) < 4.78 is 34.2. The average Bonchev–Trinajstić information content (AvgIpc) is 3.32. The number of carbonyl (C=O) groups is 1. The van der Waals surface area contributed by atoms with E-state index < -0.39 is 10.0 Å². The number of carbonyl (C=O) groups excluding carboxylic acids is 1. The van der Waals surface area contributed by atoms with E-state index >= 15 is 0 Å². The molecule has 0 unspecified atom stereocenters. The minimum atomic E-state index is -4.01. The summed E-state index contributed by atoms with van der Waals surface area (Å²) in [7, 11) is -2.44. The Bertz CT molecular complexity index is 1430. The molecule has 0 aliphatic rings. The normalized spacial score (nSPS) is 11.8. The van der Waals surface area contributed by atoms with Gasteiger partial charge in [-0.1, -0.05) is 48.5 Å². The van der Waals surface area contributed by atoms with Crippen molar-refractivity contribution in [3.63, 3.8) is 0 Å². The van der Waals surface area contributed by atoms with Gasteiger partial charge in [-0.05, 0) is 48.1 Å². The molecule has 0 aliphatic heterocycles. The molecule has 7 nitrogen and oxygen atoms in total. The van der Waals surface area contributed by atoms with E-state index in [2.05, 4.69) is 4.98 Å². The molecule has 0 N–H and O–H groups in total. The number of aryl methyl sites for hydroxylation is 1. The Morgan fingerprint density at radius 3 is 2.51 bits per heavy atom. The summed E-state index contributed by atoms with van der Waals surface area (Å²) in [4.78, 5) is 21.0. The van der Waals surface area contributed by atoms with Crippen LogP contribution in [0.4, 0.5) is 0 Å². The predicted octanol–water partition coefficient (Wildman–Crippen LogP) is 4.86. The van der Waals surface area contributed by atoms with Crippen LogP contribution in [0.5, 0.6) is 0 Å². The lowest BCUT2D eigenvalue weighted by molar-refractivity contribution is -0.132. The minimum Gasteiger partial charge on any atom is -0.385 e. The molecule has 2 aromatic carbocycles. The van der Waals surface area contributed by atoms with E-state index in [4.69, 9.17) is 4.74 Å². The van der Waals surface area contributed by atoms with E-state index in [0.29, 0.717) is 31.6 Å². The van der Waals surface area contributed by atoms with Crippen molar-refractivity contribution >= 4 is 38.2 Å². The number of ether oxygens (including phenoxy) is 1. The van der Waals surface area contributed by atoms with E-state index in [1.165, 1.54) is 4.31 Å². The Kier molecular flexibility index (Phi) is 9.04. The van der Waals surface area contributed by atoms with Crippen molar-refractivity contribution in [1.29, 1.82) is 0 Å². The molecule has 0 atom stereocenters. The zero-order chi connectivity index (χ0) is 26.3. The Morgan fingerprint density at radius 2 is 1.78 bits per heavy atom. The van der Waals surface area contributed by atoms with Crippen molar-refractivity contribution in [2.45, 2.75) is 31.3 Å². The second-order valence-corrected chi connectivity index (χ2v) is 11.7. The van der Waals surface area contributed by atoms with Crippen molar-refractivity contribution in [1.82, 2.24) is 14.2 Å². The number of nitrogens with zero attached hydrogens (tertiary/aromatic N) is 3. The highest BCUT2D eigenvalue weighted by Crippen LogP contribution is 2.25. The molecule has 1 amide bonds. The van der Waals surface area contributed by atoms with E-state index in [1.54, 1.807) is 47.7 Å². The maximum Gasteiger partial charge on any atom is 0.245 e. The third-order valence-corrected chi connectivity index (χ3v) is 9.04. The molecule has 194 valence electrons. The smallest absolute Gasteiger partial charge is 0.245 e. The molecule has 0 saturated carbocycles. The Hall–Kier alpha value is -3.11. The third kappa shape index (κ3) is 6.61. The van der Waals surface area contributed by atoms with E-state index in [9.17, 15) is 13.2 Å². The number of fused-ring (bicyclic) bond motifs is 1. The van der Waals surface area contributed by atoms with Gasteiger partial charge in [0, 0.05) is 43.3 Å². The molecule has 4 rings (SSSR count). The number of aromatic nitrogens is 1. The lowest BCUT2D eigenvalue weighted by Gasteiger charge is -2.27. The molecule has 2 heterocycles. The number of para-hydroxylation sites is 1. The van der Waals surface area contributed by atoms with Gasteiger partial charge in [0.05, 0.1) is 18.6 Å². The number of rotatable bonds is 12. The van der Waals surface area contributed by atoms with Crippen LogP contribution in [-0.2, 0) is 32.6 Å². The lowest BCUT2D eigenvalue weighted by Crippen LogP contribution is -2.43. The van der Waals surface area contributed by atoms with Crippen LogP contribution in [0.25, 0.3) is 10.9 Å². The average molecular weight is 538 g/mol. The maximum atomic E-state index is 13.9. The summed E-state index contributed by atoms with van der Waals surface area (Å²) in [5, 5.41) is 2.73. The minimum absolute atomic E-state index is 0.0968. The quantitative estimate of drug-likeness (QED) is 0.241. The van der Waals surface area contributed by atoms with E-state index in [0.717, 1.165) is 21.4 Å². The Labute approximate surface area is 222 Å². The van der Waals surface area contributed by atoms with Gasteiger partial charge in [0.15, 0.2) is 0 Å². The summed E-state index contributed by atoms with van der Waals surface area (Å²) in [6.45, 7) is 3.09. The first-order chi connectivity index (χ1) is 17.9. The monoisotopic (exact) mass is 537 g/mol. The first-order valence-corrected chi connectivity index (χ1v) is 14.4. The van der Waals surface area contributed by atoms with Gasteiger partial charge in [0.1, 0.15) is 4.90 Å². The summed E-state index contributed by atoms with van der Waals surface area (Å²) in [5.74, 6) is -0.258. The molecule has 9 heteroatoms. The summed E-state index contributed by atoms with van der Waals surface area (Å²) in [5.41, 5.74) is 2.49. The van der Waals surface area contributed by atoms with Crippen molar-refractivity contribution in [2.75, 3.05) is 26.8 Å². The fourth-order valence-corrected chi connectivity index (χ4v) is 6.63. The largest absolute Gasteiger partial charge is 0.385 e. The fourth-order valence-electron chi connectivity index (χ4n) is 4.12. The first kappa shape index (κ1) is 26.9. The van der Waals surface area contributed by atoms with Gasteiger partial charge in [-0.25, -0.2) is 8.42 Å². The second-order valence-electron chi connectivity index (χ2n) is 8.78. The highest BCUT2D eigenvalue weighted by Gasteiger charge is 2.30. The molecular formula is C28H31N3O4S2. The van der Waals surface area contributed by atoms with Crippen LogP contribution in [0.1, 0.15) is 22.4 Å². The molecule has 0 spiro atoms. The van der Waals surface area contributed by atoms with Crippen molar-refractivity contribution in [3.05, 3.63) is 94.3 Å². The molecule has 0 aliphatic carbocycles. The summed E-state index contributed by atoms with van der Waals surface area (Å²) >= 11 is 1.59. The van der Waals surface area contributed by atoms with Crippen LogP contribution >= 0.6 is 11.3 Å². The number of benzene rings is 2. The number of amides is 1. The van der Waals surface area contributed by atoms with Crippen LogP contribution in [0.15, 0.2) is 83.2 Å². The van der Waals surface area contributed by atoms with Gasteiger partial charge in [0.25, 0.3) is 0 Å². The van der Waals surface area contributed by atoms with Crippen molar-refractivity contribution < 1.29 is 17.9 Å². The van der Waals surface area contributed by atoms with Gasteiger partial charge >= 0.3 is 0 Å². The third-order valence-electron chi connectivity index (χ3n) is 6.15. The molecule has 2 aromatic heterocycles. The predicted molar refractivity (Wildman–Crippen MR) is 147 cm³/mol. The second kappa shape index (κ2) is 12.4. The molecule has 4 aromatic rings.